The van der Waals surface area contributed by atoms with Gasteiger partial charge in [0, 0.05) is 6.42 Å². The molecule has 1 amide bonds. The van der Waals surface area contributed by atoms with E-state index in [9.17, 15) is 9.59 Å². The fourth-order valence-corrected chi connectivity index (χ4v) is 1.48. The van der Waals surface area contributed by atoms with E-state index in [-0.39, 0.29) is 13.0 Å². The van der Waals surface area contributed by atoms with Gasteiger partial charge in [-0.2, -0.15) is 0 Å². The van der Waals surface area contributed by atoms with Crippen LogP contribution < -0.4 is 0 Å². The molecule has 80 valence electrons. The predicted molar refractivity (Wildman–Crippen MR) is 45.5 cm³/mol. The van der Waals surface area contributed by atoms with E-state index in [0.29, 0.717) is 0 Å². The lowest BCUT2D eigenvalue weighted by molar-refractivity contribution is -0.145. The Kier molecular flexibility index (Phi) is 2.83. The third kappa shape index (κ3) is 1.95. The third-order valence-electron chi connectivity index (χ3n) is 2.15. The van der Waals surface area contributed by atoms with Gasteiger partial charge in [-0.05, 0) is 0 Å². The molecule has 0 aliphatic carbocycles. The van der Waals surface area contributed by atoms with Crippen LogP contribution >= 0.6 is 0 Å². The largest absolute Gasteiger partial charge is 0.467 e. The molecular formula is C8H13NO5. The molecule has 0 aromatic rings. The summed E-state index contributed by atoms with van der Waals surface area (Å²) in [7, 11) is 2.47. The number of carbonyl (C=O) groups is 2. The van der Waals surface area contributed by atoms with Crippen LogP contribution in [-0.2, 0) is 14.3 Å². The summed E-state index contributed by atoms with van der Waals surface area (Å²) in [5.41, 5.74) is 0. The lowest BCUT2D eigenvalue weighted by Gasteiger charge is -2.20. The number of esters is 1. The van der Waals surface area contributed by atoms with E-state index in [1.165, 1.54) is 19.1 Å². The van der Waals surface area contributed by atoms with Gasteiger partial charge in [0.15, 0.2) is 0 Å². The Balaban J connectivity index is 2.73. The molecule has 0 aromatic carbocycles. The Bertz CT molecular complexity index is 235. The maximum atomic E-state index is 11.3. The van der Waals surface area contributed by atoms with Gasteiger partial charge >= 0.3 is 12.1 Å². The van der Waals surface area contributed by atoms with Crippen LogP contribution in [0.4, 0.5) is 4.79 Å². The zero-order valence-electron chi connectivity index (χ0n) is 9.06. The van der Waals surface area contributed by atoms with Crippen LogP contribution in [0.5, 0.6) is 0 Å². The maximum absolute atomic E-state index is 11.3. The van der Waals surface area contributed by atoms with Crippen LogP contribution in [0, 0.1) is 0 Å². The van der Waals surface area contributed by atoms with Crippen molar-refractivity contribution in [3.05, 3.63) is 0 Å². The third-order valence-corrected chi connectivity index (χ3v) is 2.15. The molecule has 1 fully saturated rings. The standard InChI is InChI=1S/C8H13NO5/c1-13-7(11)6-3-5(10)4-9(6)8(12)14-2/h5-6,10H,3-4H2,1-2H3/t5-,6+/m1/s1/i10D. The SMILES string of the molecule is [2H]O[C@@H]1C[C@@H](C(=O)OC)N(C(=O)OC)C1. The first-order valence-electron chi connectivity index (χ1n) is 4.59. The molecule has 1 aliphatic rings. The Hall–Kier alpha value is -1.30. The summed E-state index contributed by atoms with van der Waals surface area (Å²) >= 11 is 0. The van der Waals surface area contributed by atoms with Gasteiger partial charge in [-0.25, -0.2) is 9.59 Å². The molecule has 2 atom stereocenters. The van der Waals surface area contributed by atoms with Gasteiger partial charge in [-0.15, -0.1) is 0 Å². The second-order valence-corrected chi connectivity index (χ2v) is 3.02. The lowest BCUT2D eigenvalue weighted by atomic mass is 10.2. The van der Waals surface area contributed by atoms with Crippen molar-refractivity contribution >= 4 is 12.1 Å². The molecule has 0 saturated carbocycles. The van der Waals surface area contributed by atoms with Crippen molar-refractivity contribution in [3.63, 3.8) is 0 Å². The number of aliphatic hydroxyl groups is 1. The summed E-state index contributed by atoms with van der Waals surface area (Å²) in [6, 6.07) is -0.724. The number of carbonyl (C=O) groups excluding carboxylic acids is 2. The first kappa shape index (κ1) is 9.26. The van der Waals surface area contributed by atoms with E-state index in [1.807, 2.05) is 0 Å². The van der Waals surface area contributed by atoms with Crippen molar-refractivity contribution in [2.24, 2.45) is 0 Å². The van der Waals surface area contributed by atoms with E-state index >= 15 is 0 Å². The Morgan fingerprint density at radius 3 is 2.71 bits per heavy atom. The zero-order valence-corrected chi connectivity index (χ0v) is 8.06. The highest BCUT2D eigenvalue weighted by Gasteiger charge is 2.40. The number of nitrogens with zero attached hydrogens (tertiary/aromatic N) is 1. The summed E-state index contributed by atoms with van der Waals surface area (Å²) in [5, 5.41) is 4.35. The summed E-state index contributed by atoms with van der Waals surface area (Å²) in [6.45, 7) is 0.163. The minimum absolute atomic E-state index is 0.163. The molecule has 1 saturated heterocycles. The summed E-state index contributed by atoms with van der Waals surface area (Å²) in [4.78, 5) is 23.8. The quantitative estimate of drug-likeness (QED) is 0.605. The molecule has 0 spiro atoms. The number of aliphatic hydroxyl groups excluding tert-OH is 1. The number of amides is 1. The van der Waals surface area contributed by atoms with Gasteiger partial charge in [0.1, 0.15) is 6.04 Å². The highest BCUT2D eigenvalue weighted by atomic mass is 16.5. The van der Waals surface area contributed by atoms with E-state index in [1.54, 1.807) is 0 Å². The van der Waals surface area contributed by atoms with Gasteiger partial charge < -0.3 is 14.6 Å². The molecule has 0 bridgehead atoms. The molecule has 6 heteroatoms. The second kappa shape index (κ2) is 4.28. The smallest absolute Gasteiger partial charge is 0.410 e. The van der Waals surface area contributed by atoms with Crippen LogP contribution in [0.15, 0.2) is 0 Å². The van der Waals surface area contributed by atoms with E-state index in [0.717, 1.165) is 0 Å². The summed E-state index contributed by atoms with van der Waals surface area (Å²) < 4.78 is 15.8. The number of methoxy groups -OCH3 is 2. The van der Waals surface area contributed by atoms with Crippen molar-refractivity contribution in [3.8, 4) is 0 Å². The topological polar surface area (TPSA) is 76.1 Å². The maximum Gasteiger partial charge on any atom is 0.410 e. The summed E-state index contributed by atoms with van der Waals surface area (Å²) in [6.07, 6.45) is -0.844. The van der Waals surface area contributed by atoms with Crippen molar-refractivity contribution in [2.75, 3.05) is 20.8 Å². The van der Waals surface area contributed by atoms with Crippen LogP contribution in [0.25, 0.3) is 0 Å². The summed E-state index contributed by atoms with van der Waals surface area (Å²) in [5.74, 6) is -0.528. The zero-order chi connectivity index (χ0) is 11.4. The molecule has 6 nitrogen and oxygen atoms in total. The van der Waals surface area contributed by atoms with Crippen LogP contribution in [0.2, 0.25) is 0 Å². The minimum atomic E-state index is -0.724. The fraction of sp³-hybridized carbons (Fsp3) is 0.750. The number of likely N-dealkylation sites (tertiary alicyclic amines) is 1. The average molecular weight is 204 g/mol. The van der Waals surface area contributed by atoms with Crippen molar-refractivity contribution in [1.82, 2.24) is 4.90 Å². The number of hydrogen-bond donors (Lipinski definition) is 1. The van der Waals surface area contributed by atoms with E-state index in [4.69, 9.17) is 1.43 Å². The molecule has 1 N–H and O–H groups in total. The normalized spacial score (nSPS) is 27.0. The second-order valence-electron chi connectivity index (χ2n) is 3.02. The van der Waals surface area contributed by atoms with Crippen LogP contribution in [0.1, 0.15) is 6.42 Å². The van der Waals surface area contributed by atoms with Gasteiger partial charge in [-0.1, -0.05) is 0 Å². The van der Waals surface area contributed by atoms with Gasteiger partial charge in [0.25, 0.3) is 0 Å². The molecule has 0 aromatic heterocycles. The van der Waals surface area contributed by atoms with Crippen molar-refractivity contribution in [2.45, 2.75) is 18.6 Å². The number of β-amino-alcohol motifs (C(OH)–C–C–N with tert-alkyl or cyclic N) is 1. The molecule has 1 heterocycles. The Labute approximate surface area is 82.9 Å². The highest BCUT2D eigenvalue weighted by molar-refractivity contribution is 5.82. The molecule has 1 aliphatic heterocycles. The van der Waals surface area contributed by atoms with Gasteiger partial charge in [0.2, 0.25) is 1.43 Å². The number of hydrogen-bond acceptors (Lipinski definition) is 5. The van der Waals surface area contributed by atoms with E-state index in [2.05, 4.69) is 14.6 Å². The van der Waals surface area contributed by atoms with E-state index < -0.39 is 24.2 Å². The molecule has 14 heavy (non-hydrogen) atoms. The van der Waals surface area contributed by atoms with Gasteiger partial charge in [-0.3, -0.25) is 4.90 Å². The molecule has 1 rings (SSSR count). The van der Waals surface area contributed by atoms with Crippen LogP contribution in [-0.4, -0.2) is 56.4 Å². The number of ether oxygens (including phenoxy) is 2. The fourth-order valence-electron chi connectivity index (χ4n) is 1.48. The van der Waals surface area contributed by atoms with Gasteiger partial charge in [0.05, 0.1) is 26.9 Å². The molecule has 0 unspecified atom stereocenters. The molecular weight excluding hydrogens is 190 g/mol. The Morgan fingerprint density at radius 1 is 1.50 bits per heavy atom. The average Bonchev–Trinajstić information content (AvgIpc) is 2.70. The number of rotatable bonds is 2. The highest BCUT2D eigenvalue weighted by Crippen LogP contribution is 2.19. The predicted octanol–water partition coefficient (Wildman–Crippen LogP) is -0.639. The van der Waals surface area contributed by atoms with Crippen molar-refractivity contribution in [1.29, 1.82) is 1.43 Å². The van der Waals surface area contributed by atoms with Crippen molar-refractivity contribution < 1.29 is 24.2 Å². The lowest BCUT2D eigenvalue weighted by Crippen LogP contribution is -2.41. The minimum Gasteiger partial charge on any atom is -0.467 e. The van der Waals surface area contributed by atoms with Crippen LogP contribution in [0.3, 0.4) is 0 Å². The first-order valence-corrected chi connectivity index (χ1v) is 4.18. The Morgan fingerprint density at radius 2 is 2.21 bits per heavy atom. The monoisotopic (exact) mass is 204 g/mol. The first-order chi connectivity index (χ1) is 7.13. The molecule has 0 radical (unpaired) electrons.